The van der Waals surface area contributed by atoms with Gasteiger partial charge in [-0.2, -0.15) is 0 Å². The molecule has 0 bridgehead atoms. The van der Waals surface area contributed by atoms with E-state index < -0.39 is 0 Å². The molecule has 10 aromatic carbocycles. The molecule has 0 spiro atoms. The van der Waals surface area contributed by atoms with Gasteiger partial charge in [-0.05, 0) is 97.9 Å². The summed E-state index contributed by atoms with van der Waals surface area (Å²) in [6.45, 7) is 0. The highest BCUT2D eigenvalue weighted by atomic mass is 16.3. The first-order valence-electron chi connectivity index (χ1n) is 20.5. The number of hydrogen-bond donors (Lipinski definition) is 0. The molecule has 11 rings (SSSR count). The van der Waals surface area contributed by atoms with Gasteiger partial charge in [0, 0.05) is 38.8 Å². The average molecular weight is 766 g/mol. The molecule has 2 nitrogen and oxygen atoms in total. The zero-order valence-electron chi connectivity index (χ0n) is 32.9. The molecule has 1 heterocycles. The molecule has 60 heavy (non-hydrogen) atoms. The molecule has 0 aliphatic heterocycles. The van der Waals surface area contributed by atoms with Crippen LogP contribution in [0.4, 0.5) is 17.1 Å². The Morgan fingerprint density at radius 1 is 0.250 bits per heavy atom. The second kappa shape index (κ2) is 15.1. The normalized spacial score (nSPS) is 11.3. The molecule has 0 aliphatic carbocycles. The van der Waals surface area contributed by atoms with Crippen molar-refractivity contribution >= 4 is 49.8 Å². The van der Waals surface area contributed by atoms with Crippen molar-refractivity contribution in [2.45, 2.75) is 0 Å². The molecule has 0 radical (unpaired) electrons. The van der Waals surface area contributed by atoms with Gasteiger partial charge in [-0.3, -0.25) is 0 Å². The summed E-state index contributed by atoms with van der Waals surface area (Å²) < 4.78 is 6.73. The van der Waals surface area contributed by atoms with Crippen molar-refractivity contribution in [1.29, 1.82) is 0 Å². The minimum atomic E-state index is 0.888. The van der Waals surface area contributed by atoms with Crippen LogP contribution >= 0.6 is 0 Å². The van der Waals surface area contributed by atoms with Crippen LogP contribution in [-0.4, -0.2) is 0 Å². The zero-order valence-corrected chi connectivity index (χ0v) is 32.9. The Bertz CT molecular complexity index is 3160. The van der Waals surface area contributed by atoms with E-state index in [1.54, 1.807) is 0 Å². The van der Waals surface area contributed by atoms with Gasteiger partial charge >= 0.3 is 0 Å². The molecule has 11 aromatic rings. The van der Waals surface area contributed by atoms with Crippen LogP contribution in [0.1, 0.15) is 0 Å². The Morgan fingerprint density at radius 3 is 1.07 bits per heavy atom. The summed E-state index contributed by atoms with van der Waals surface area (Å²) in [5.41, 5.74) is 16.9. The van der Waals surface area contributed by atoms with Gasteiger partial charge in [-0.1, -0.05) is 194 Å². The van der Waals surface area contributed by atoms with Crippen LogP contribution in [-0.2, 0) is 0 Å². The number of para-hydroxylation sites is 1. The monoisotopic (exact) mass is 765 g/mol. The molecule has 0 saturated carbocycles. The lowest BCUT2D eigenvalue weighted by molar-refractivity contribution is 0.673. The molecule has 282 valence electrons. The predicted molar refractivity (Wildman–Crippen MR) is 253 cm³/mol. The molecular weight excluding hydrogens is 727 g/mol. The number of hydrogen-bond acceptors (Lipinski definition) is 2. The van der Waals surface area contributed by atoms with E-state index in [9.17, 15) is 0 Å². The minimum absolute atomic E-state index is 0.888. The first-order valence-corrected chi connectivity index (χ1v) is 20.5. The smallest absolute Gasteiger partial charge is 0.143 e. The van der Waals surface area contributed by atoms with E-state index >= 15 is 0 Å². The number of benzene rings is 10. The summed E-state index contributed by atoms with van der Waals surface area (Å²) in [5, 5.41) is 4.51. The number of nitrogens with zero attached hydrogens (tertiary/aromatic N) is 1. The Balaban J connectivity index is 1.08. The average Bonchev–Trinajstić information content (AvgIpc) is 3.73. The fraction of sp³-hybridized carbons (Fsp3) is 0. The van der Waals surface area contributed by atoms with Crippen LogP contribution in [0.3, 0.4) is 0 Å². The van der Waals surface area contributed by atoms with Gasteiger partial charge in [0.15, 0.2) is 0 Å². The molecule has 1 aromatic heterocycles. The lowest BCUT2D eigenvalue weighted by Gasteiger charge is -2.26. The van der Waals surface area contributed by atoms with Crippen LogP contribution < -0.4 is 4.90 Å². The Hall–Kier alpha value is -7.94. The van der Waals surface area contributed by atoms with Gasteiger partial charge < -0.3 is 9.32 Å². The fourth-order valence-electron chi connectivity index (χ4n) is 8.78. The van der Waals surface area contributed by atoms with Gasteiger partial charge in [0.2, 0.25) is 0 Å². The van der Waals surface area contributed by atoms with Crippen molar-refractivity contribution < 1.29 is 4.42 Å². The van der Waals surface area contributed by atoms with Crippen LogP contribution in [0.5, 0.6) is 0 Å². The number of fused-ring (bicyclic) bond motifs is 5. The van der Waals surface area contributed by atoms with Crippen LogP contribution in [0.15, 0.2) is 241 Å². The zero-order chi connectivity index (χ0) is 39.8. The topological polar surface area (TPSA) is 16.4 Å². The molecule has 0 aliphatic rings. The standard InChI is InChI=1S/C58H39NO/c1-4-14-40(15-5-1)43-24-26-47(27-25-43)56-55(51-20-10-11-21-52(51)58-57(56)53-22-12-13-23-54(53)60-58)46-32-38-50(39-33-46)59(48-34-28-44(29-35-48)41-16-6-2-7-17-41)49-36-30-45(31-37-49)42-18-8-3-9-19-42/h1-39H. The highest BCUT2D eigenvalue weighted by Gasteiger charge is 2.23. The van der Waals surface area contributed by atoms with Gasteiger partial charge in [0.25, 0.3) is 0 Å². The molecular formula is C58H39NO. The molecule has 0 amide bonds. The third-order valence-electron chi connectivity index (χ3n) is 11.7. The van der Waals surface area contributed by atoms with Crippen LogP contribution in [0.25, 0.3) is 88.3 Å². The Kier molecular flexibility index (Phi) is 8.87. The Morgan fingerprint density at radius 2 is 0.583 bits per heavy atom. The van der Waals surface area contributed by atoms with E-state index in [-0.39, 0.29) is 0 Å². The van der Waals surface area contributed by atoms with E-state index in [4.69, 9.17) is 4.42 Å². The predicted octanol–water partition coefficient (Wildman–Crippen LogP) is 16.5. The van der Waals surface area contributed by atoms with Gasteiger partial charge in [-0.25, -0.2) is 0 Å². The molecule has 0 saturated heterocycles. The van der Waals surface area contributed by atoms with Crippen LogP contribution in [0.2, 0.25) is 0 Å². The first kappa shape index (κ1) is 35.2. The second-order valence-corrected chi connectivity index (χ2v) is 15.2. The maximum absolute atomic E-state index is 6.73. The van der Waals surface area contributed by atoms with E-state index in [1.165, 1.54) is 44.5 Å². The van der Waals surface area contributed by atoms with Crippen molar-refractivity contribution in [3.8, 4) is 55.6 Å². The largest absolute Gasteiger partial charge is 0.455 e. The summed E-state index contributed by atoms with van der Waals surface area (Å²) in [4.78, 5) is 2.35. The van der Waals surface area contributed by atoms with E-state index in [1.807, 2.05) is 0 Å². The second-order valence-electron chi connectivity index (χ2n) is 15.2. The molecule has 0 unspecified atom stereocenters. The lowest BCUT2D eigenvalue weighted by atomic mass is 9.86. The minimum Gasteiger partial charge on any atom is -0.455 e. The van der Waals surface area contributed by atoms with Gasteiger partial charge in [-0.15, -0.1) is 0 Å². The third kappa shape index (κ3) is 6.32. The van der Waals surface area contributed by atoms with E-state index in [0.29, 0.717) is 0 Å². The number of furan rings is 1. The summed E-state index contributed by atoms with van der Waals surface area (Å²) in [7, 11) is 0. The Labute approximate surface area is 349 Å². The lowest BCUT2D eigenvalue weighted by Crippen LogP contribution is -2.09. The molecule has 0 fully saturated rings. The van der Waals surface area contributed by atoms with E-state index in [0.717, 1.165) is 60.9 Å². The molecule has 0 atom stereocenters. The summed E-state index contributed by atoms with van der Waals surface area (Å²) in [5.74, 6) is 0. The molecule has 2 heteroatoms. The molecule has 0 N–H and O–H groups in total. The maximum atomic E-state index is 6.73. The maximum Gasteiger partial charge on any atom is 0.143 e. The van der Waals surface area contributed by atoms with Gasteiger partial charge in [0.1, 0.15) is 11.2 Å². The summed E-state index contributed by atoms with van der Waals surface area (Å²) in [6.07, 6.45) is 0. The van der Waals surface area contributed by atoms with Crippen LogP contribution in [0, 0.1) is 0 Å². The summed E-state index contributed by atoms with van der Waals surface area (Å²) in [6, 6.07) is 84.7. The van der Waals surface area contributed by atoms with Crippen molar-refractivity contribution in [2.75, 3.05) is 4.90 Å². The fourth-order valence-corrected chi connectivity index (χ4v) is 8.78. The highest BCUT2D eigenvalue weighted by Crippen LogP contribution is 2.49. The van der Waals surface area contributed by atoms with E-state index in [2.05, 4.69) is 241 Å². The van der Waals surface area contributed by atoms with Crippen molar-refractivity contribution in [2.24, 2.45) is 0 Å². The van der Waals surface area contributed by atoms with Crippen molar-refractivity contribution in [3.63, 3.8) is 0 Å². The van der Waals surface area contributed by atoms with Crippen molar-refractivity contribution in [1.82, 2.24) is 0 Å². The SMILES string of the molecule is c1ccc(-c2ccc(-c3c(-c4ccc(N(c5ccc(-c6ccccc6)cc5)c5ccc(-c6ccccc6)cc5)cc4)c4ccccc4c4oc5ccccc5c34)cc2)cc1. The van der Waals surface area contributed by atoms with Gasteiger partial charge in [0.05, 0.1) is 0 Å². The summed E-state index contributed by atoms with van der Waals surface area (Å²) >= 11 is 0. The van der Waals surface area contributed by atoms with Crippen molar-refractivity contribution in [3.05, 3.63) is 237 Å². The third-order valence-corrected chi connectivity index (χ3v) is 11.7. The number of anilines is 3. The number of rotatable bonds is 8. The highest BCUT2D eigenvalue weighted by molar-refractivity contribution is 6.26. The first-order chi connectivity index (χ1) is 29.8. The quantitative estimate of drug-likeness (QED) is 0.153.